The van der Waals surface area contributed by atoms with E-state index in [9.17, 15) is 0 Å². The molecule has 96 valence electrons. The van der Waals surface area contributed by atoms with Crippen LogP contribution >= 0.6 is 0 Å². The predicted octanol–water partition coefficient (Wildman–Crippen LogP) is 2.62. The molecule has 3 rings (SSSR count). The number of fused-ring (bicyclic) bond motifs is 1. The van der Waals surface area contributed by atoms with Crippen molar-refractivity contribution in [1.29, 1.82) is 0 Å². The molecule has 1 saturated heterocycles. The number of hydrogen-bond donors (Lipinski definition) is 1. The second-order valence-electron chi connectivity index (χ2n) is 5.03. The summed E-state index contributed by atoms with van der Waals surface area (Å²) in [5.41, 5.74) is 0.996. The van der Waals surface area contributed by atoms with Gasteiger partial charge in [0.15, 0.2) is 0 Å². The fourth-order valence-corrected chi connectivity index (χ4v) is 2.52. The van der Waals surface area contributed by atoms with Gasteiger partial charge in [-0.2, -0.15) is 0 Å². The van der Waals surface area contributed by atoms with Gasteiger partial charge in [0.05, 0.1) is 6.54 Å². The molecule has 0 radical (unpaired) electrons. The highest BCUT2D eigenvalue weighted by atomic mass is 16.3. The van der Waals surface area contributed by atoms with E-state index < -0.39 is 0 Å². The molecule has 1 N–H and O–H groups in total. The topological polar surface area (TPSA) is 28.4 Å². The Balaban J connectivity index is 1.76. The Labute approximate surface area is 108 Å². The zero-order valence-electron chi connectivity index (χ0n) is 10.9. The van der Waals surface area contributed by atoms with Crippen LogP contribution in [0.2, 0.25) is 0 Å². The van der Waals surface area contributed by atoms with Gasteiger partial charge in [0, 0.05) is 24.5 Å². The molecule has 2 aromatic rings. The van der Waals surface area contributed by atoms with Crippen LogP contribution in [0.3, 0.4) is 0 Å². The maximum Gasteiger partial charge on any atom is 0.134 e. The second kappa shape index (κ2) is 5.12. The molecule has 0 unspecified atom stereocenters. The van der Waals surface area contributed by atoms with Gasteiger partial charge in [-0.15, -0.1) is 0 Å². The van der Waals surface area contributed by atoms with E-state index in [0.717, 1.165) is 37.5 Å². The molecule has 2 heterocycles. The van der Waals surface area contributed by atoms with Crippen LogP contribution in [0.5, 0.6) is 0 Å². The number of nitrogens with zero attached hydrogens (tertiary/aromatic N) is 1. The molecule has 1 aliphatic rings. The zero-order valence-corrected chi connectivity index (χ0v) is 10.9. The lowest BCUT2D eigenvalue weighted by Crippen LogP contribution is -2.56. The zero-order chi connectivity index (χ0) is 12.4. The van der Waals surface area contributed by atoms with Gasteiger partial charge in [-0.05, 0) is 25.1 Å². The van der Waals surface area contributed by atoms with Gasteiger partial charge in [0.2, 0.25) is 0 Å². The fraction of sp³-hybridized carbons (Fsp3) is 0.467. The third kappa shape index (κ3) is 2.28. The Hall–Kier alpha value is -1.32. The van der Waals surface area contributed by atoms with Crippen molar-refractivity contribution in [3.63, 3.8) is 0 Å². The van der Waals surface area contributed by atoms with E-state index in [0.29, 0.717) is 6.04 Å². The molecule has 0 atom stereocenters. The highest BCUT2D eigenvalue weighted by molar-refractivity contribution is 5.77. The fourth-order valence-electron chi connectivity index (χ4n) is 2.52. The predicted molar refractivity (Wildman–Crippen MR) is 73.6 cm³/mol. The van der Waals surface area contributed by atoms with E-state index in [4.69, 9.17) is 4.42 Å². The standard InChI is InChI=1S/C15H20N2O/c1-2-7-17(13-9-16-10-13)11-14-8-12-5-3-4-6-15(12)18-14/h3-6,8,13,16H,2,7,9-11H2,1H3. The van der Waals surface area contributed by atoms with E-state index in [1.165, 1.54) is 11.8 Å². The minimum absolute atomic E-state index is 0.679. The molecule has 0 bridgehead atoms. The van der Waals surface area contributed by atoms with Crippen molar-refractivity contribution in [2.45, 2.75) is 25.9 Å². The van der Waals surface area contributed by atoms with Crippen molar-refractivity contribution < 1.29 is 4.42 Å². The number of rotatable bonds is 5. The van der Waals surface area contributed by atoms with E-state index in [1.54, 1.807) is 0 Å². The molecule has 3 nitrogen and oxygen atoms in total. The van der Waals surface area contributed by atoms with Crippen molar-refractivity contribution >= 4 is 11.0 Å². The number of benzene rings is 1. The summed E-state index contributed by atoms with van der Waals surface area (Å²) < 4.78 is 5.90. The first-order chi connectivity index (χ1) is 8.86. The summed E-state index contributed by atoms with van der Waals surface area (Å²) in [4.78, 5) is 2.52. The average Bonchev–Trinajstić information content (AvgIpc) is 2.69. The van der Waals surface area contributed by atoms with Crippen molar-refractivity contribution in [2.75, 3.05) is 19.6 Å². The summed E-state index contributed by atoms with van der Waals surface area (Å²) in [6, 6.07) is 11.1. The first-order valence-electron chi connectivity index (χ1n) is 6.79. The maximum absolute atomic E-state index is 5.90. The third-order valence-electron chi connectivity index (χ3n) is 3.62. The van der Waals surface area contributed by atoms with Crippen LogP contribution in [0, 0.1) is 0 Å². The normalized spacial score (nSPS) is 16.3. The lowest BCUT2D eigenvalue weighted by Gasteiger charge is -2.37. The van der Waals surface area contributed by atoms with Crippen LogP contribution in [-0.2, 0) is 6.54 Å². The quantitative estimate of drug-likeness (QED) is 0.876. The molecular formula is C15H20N2O. The van der Waals surface area contributed by atoms with Gasteiger partial charge in [-0.25, -0.2) is 0 Å². The van der Waals surface area contributed by atoms with Gasteiger partial charge in [0.1, 0.15) is 11.3 Å². The molecule has 0 spiro atoms. The van der Waals surface area contributed by atoms with Gasteiger partial charge in [0.25, 0.3) is 0 Å². The molecule has 0 aliphatic carbocycles. The van der Waals surface area contributed by atoms with Gasteiger partial charge < -0.3 is 9.73 Å². The van der Waals surface area contributed by atoms with Crippen molar-refractivity contribution in [2.24, 2.45) is 0 Å². The molecule has 1 aliphatic heterocycles. The Morgan fingerprint density at radius 3 is 2.83 bits per heavy atom. The summed E-state index contributed by atoms with van der Waals surface area (Å²) in [5, 5.41) is 4.54. The van der Waals surface area contributed by atoms with Gasteiger partial charge >= 0.3 is 0 Å². The second-order valence-corrected chi connectivity index (χ2v) is 5.03. The smallest absolute Gasteiger partial charge is 0.134 e. The molecular weight excluding hydrogens is 224 g/mol. The molecule has 0 amide bonds. The lowest BCUT2D eigenvalue weighted by molar-refractivity contribution is 0.129. The van der Waals surface area contributed by atoms with Gasteiger partial charge in [-0.3, -0.25) is 4.90 Å². The van der Waals surface area contributed by atoms with Crippen LogP contribution in [0.15, 0.2) is 34.7 Å². The van der Waals surface area contributed by atoms with Gasteiger partial charge in [-0.1, -0.05) is 25.1 Å². The number of nitrogens with one attached hydrogen (secondary N) is 1. The molecule has 0 saturated carbocycles. The first kappa shape index (κ1) is 11.8. The minimum atomic E-state index is 0.679. The molecule has 1 aromatic carbocycles. The van der Waals surface area contributed by atoms with Crippen molar-refractivity contribution in [3.05, 3.63) is 36.1 Å². The minimum Gasteiger partial charge on any atom is -0.460 e. The van der Waals surface area contributed by atoms with Crippen molar-refractivity contribution in [3.8, 4) is 0 Å². The largest absolute Gasteiger partial charge is 0.460 e. The van der Waals surface area contributed by atoms with E-state index >= 15 is 0 Å². The number of furan rings is 1. The van der Waals surface area contributed by atoms with E-state index in [1.807, 2.05) is 12.1 Å². The highest BCUT2D eigenvalue weighted by Gasteiger charge is 2.24. The van der Waals surface area contributed by atoms with Crippen LogP contribution < -0.4 is 5.32 Å². The van der Waals surface area contributed by atoms with Crippen LogP contribution in [-0.4, -0.2) is 30.6 Å². The monoisotopic (exact) mass is 244 g/mol. The third-order valence-corrected chi connectivity index (χ3v) is 3.62. The average molecular weight is 244 g/mol. The molecule has 1 aromatic heterocycles. The molecule has 1 fully saturated rings. The summed E-state index contributed by atoms with van der Waals surface area (Å²) in [6.07, 6.45) is 1.19. The maximum atomic E-state index is 5.90. The van der Waals surface area contributed by atoms with E-state index in [-0.39, 0.29) is 0 Å². The van der Waals surface area contributed by atoms with E-state index in [2.05, 4.69) is 35.3 Å². The Morgan fingerprint density at radius 1 is 1.33 bits per heavy atom. The Kier molecular flexibility index (Phi) is 3.35. The van der Waals surface area contributed by atoms with Crippen LogP contribution in [0.25, 0.3) is 11.0 Å². The number of hydrogen-bond acceptors (Lipinski definition) is 3. The molecule has 3 heteroatoms. The summed E-state index contributed by atoms with van der Waals surface area (Å²) in [5.74, 6) is 1.08. The summed E-state index contributed by atoms with van der Waals surface area (Å²) in [6.45, 7) is 6.52. The van der Waals surface area contributed by atoms with Crippen LogP contribution in [0.1, 0.15) is 19.1 Å². The summed E-state index contributed by atoms with van der Waals surface area (Å²) >= 11 is 0. The first-order valence-corrected chi connectivity index (χ1v) is 6.79. The van der Waals surface area contributed by atoms with Crippen molar-refractivity contribution in [1.82, 2.24) is 10.2 Å². The Morgan fingerprint density at radius 2 is 2.17 bits per heavy atom. The molecule has 18 heavy (non-hydrogen) atoms. The number of para-hydroxylation sites is 1. The SMILES string of the molecule is CCCN(Cc1cc2ccccc2o1)C1CNC1. The highest BCUT2D eigenvalue weighted by Crippen LogP contribution is 2.21. The summed E-state index contributed by atoms with van der Waals surface area (Å²) in [7, 11) is 0. The van der Waals surface area contributed by atoms with Crippen LogP contribution in [0.4, 0.5) is 0 Å². The Bertz CT molecular complexity index is 483. The lowest BCUT2D eigenvalue weighted by atomic mass is 10.1.